The number of benzene rings is 8. The number of hydrogen-bond acceptors (Lipinski definition) is 4. The normalized spacial score (nSPS) is 12.8. The van der Waals surface area contributed by atoms with Crippen LogP contribution in [0.15, 0.2) is 200 Å². The summed E-state index contributed by atoms with van der Waals surface area (Å²) in [5.41, 5.74) is 12.6. The number of hydrogen-bond donors (Lipinski definition) is 0. The number of rotatable bonds is 6. The highest BCUT2D eigenvalue weighted by molar-refractivity contribution is 7.26. The monoisotopic (exact) mass is 731 g/mol. The van der Waals surface area contributed by atoms with Gasteiger partial charge >= 0.3 is 0 Å². The molecule has 0 unspecified atom stereocenters. The predicted molar refractivity (Wildman–Crippen MR) is 232 cm³/mol. The van der Waals surface area contributed by atoms with Gasteiger partial charge in [-0.1, -0.05) is 176 Å². The van der Waals surface area contributed by atoms with Gasteiger partial charge in [-0.2, -0.15) is 0 Å². The third-order valence-electron chi connectivity index (χ3n) is 11.2. The van der Waals surface area contributed by atoms with Crippen LogP contribution in [0, 0.1) is 0 Å². The molecule has 0 atom stereocenters. The molecule has 0 saturated carbocycles. The lowest BCUT2D eigenvalue weighted by Crippen LogP contribution is -2.28. The van der Waals surface area contributed by atoms with Crippen molar-refractivity contribution in [3.05, 3.63) is 222 Å². The molecular formula is C52H33N3S. The van der Waals surface area contributed by atoms with Gasteiger partial charge in [0.25, 0.3) is 0 Å². The lowest BCUT2D eigenvalue weighted by molar-refractivity contribution is 0.768. The maximum absolute atomic E-state index is 5.12. The number of nitrogens with zero attached hydrogens (tertiary/aromatic N) is 3. The minimum atomic E-state index is -0.420. The van der Waals surface area contributed by atoms with Crippen molar-refractivity contribution in [2.75, 3.05) is 0 Å². The molecule has 2 aromatic heterocycles. The first-order valence-electron chi connectivity index (χ1n) is 18.9. The zero-order chi connectivity index (χ0) is 37.1. The molecule has 2 heterocycles. The van der Waals surface area contributed by atoms with Crippen LogP contribution >= 0.6 is 11.3 Å². The van der Waals surface area contributed by atoms with Gasteiger partial charge < -0.3 is 0 Å². The first kappa shape index (κ1) is 32.4. The van der Waals surface area contributed by atoms with Crippen molar-refractivity contribution < 1.29 is 0 Å². The second-order valence-corrected chi connectivity index (χ2v) is 15.4. The van der Waals surface area contributed by atoms with Crippen LogP contribution in [-0.2, 0) is 5.41 Å². The SMILES string of the molecule is c1ccc(-c2nc(-c3ccccc3)nc(-c3cccc4sc5ccc(-c6ccc7c(c6)-c6ccccc6C7(c6ccccc6)c6ccccc6)cc5c34)n2)cc1. The van der Waals surface area contributed by atoms with Crippen LogP contribution in [0.3, 0.4) is 0 Å². The maximum Gasteiger partial charge on any atom is 0.164 e. The Morgan fingerprint density at radius 2 is 0.857 bits per heavy atom. The van der Waals surface area contributed by atoms with E-state index in [9.17, 15) is 0 Å². The summed E-state index contributed by atoms with van der Waals surface area (Å²) in [4.78, 5) is 15.2. The molecule has 56 heavy (non-hydrogen) atoms. The van der Waals surface area contributed by atoms with Gasteiger partial charge in [-0.3, -0.25) is 0 Å². The number of thiophene rings is 1. The molecule has 262 valence electrons. The average molecular weight is 732 g/mol. The summed E-state index contributed by atoms with van der Waals surface area (Å²) in [6.07, 6.45) is 0. The van der Waals surface area contributed by atoms with Crippen LogP contribution in [-0.4, -0.2) is 15.0 Å². The van der Waals surface area contributed by atoms with Gasteiger partial charge in [0.2, 0.25) is 0 Å². The Hall–Kier alpha value is -7.01. The van der Waals surface area contributed by atoms with Gasteiger partial charge in [-0.15, -0.1) is 11.3 Å². The Morgan fingerprint density at radius 3 is 1.52 bits per heavy atom. The lowest BCUT2D eigenvalue weighted by Gasteiger charge is -2.33. The third-order valence-corrected chi connectivity index (χ3v) is 12.4. The highest BCUT2D eigenvalue weighted by Gasteiger charge is 2.45. The zero-order valence-electron chi connectivity index (χ0n) is 30.3. The summed E-state index contributed by atoms with van der Waals surface area (Å²) >= 11 is 1.81. The van der Waals surface area contributed by atoms with Crippen molar-refractivity contribution in [1.29, 1.82) is 0 Å². The van der Waals surface area contributed by atoms with Crippen molar-refractivity contribution in [3.8, 4) is 56.4 Å². The van der Waals surface area contributed by atoms with E-state index in [0.717, 1.165) is 22.1 Å². The molecule has 0 radical (unpaired) electrons. The molecule has 1 aliphatic rings. The van der Waals surface area contributed by atoms with Gasteiger partial charge in [-0.05, 0) is 68.8 Å². The van der Waals surface area contributed by atoms with Crippen molar-refractivity contribution in [2.24, 2.45) is 0 Å². The van der Waals surface area contributed by atoms with E-state index in [-0.39, 0.29) is 0 Å². The van der Waals surface area contributed by atoms with E-state index >= 15 is 0 Å². The highest BCUT2D eigenvalue weighted by Crippen LogP contribution is 2.56. The second kappa shape index (κ2) is 13.1. The molecule has 3 nitrogen and oxygen atoms in total. The van der Waals surface area contributed by atoms with E-state index in [1.165, 1.54) is 59.3 Å². The minimum absolute atomic E-state index is 0.420. The van der Waals surface area contributed by atoms with Crippen LogP contribution in [0.5, 0.6) is 0 Å². The molecule has 0 saturated heterocycles. The second-order valence-electron chi connectivity index (χ2n) is 14.3. The van der Waals surface area contributed by atoms with E-state index in [1.807, 2.05) is 47.7 Å². The summed E-state index contributed by atoms with van der Waals surface area (Å²) in [6, 6.07) is 71.7. The fourth-order valence-electron chi connectivity index (χ4n) is 8.75. The smallest absolute Gasteiger partial charge is 0.164 e. The number of aromatic nitrogens is 3. The summed E-state index contributed by atoms with van der Waals surface area (Å²) < 4.78 is 2.44. The largest absolute Gasteiger partial charge is 0.208 e. The summed E-state index contributed by atoms with van der Waals surface area (Å²) in [5.74, 6) is 1.99. The molecule has 0 aliphatic heterocycles. The predicted octanol–water partition coefficient (Wildman–Crippen LogP) is 13.3. The molecule has 0 N–H and O–H groups in total. The Bertz CT molecular complexity index is 2970. The molecule has 1 aliphatic carbocycles. The van der Waals surface area contributed by atoms with Crippen molar-refractivity contribution in [2.45, 2.75) is 5.41 Å². The first-order valence-corrected chi connectivity index (χ1v) is 19.8. The fourth-order valence-corrected chi connectivity index (χ4v) is 9.86. The topological polar surface area (TPSA) is 38.7 Å². The molecule has 0 spiro atoms. The highest BCUT2D eigenvalue weighted by atomic mass is 32.1. The minimum Gasteiger partial charge on any atom is -0.208 e. The quantitative estimate of drug-likeness (QED) is 0.171. The van der Waals surface area contributed by atoms with Gasteiger partial charge in [0.1, 0.15) is 0 Å². The van der Waals surface area contributed by atoms with Crippen LogP contribution in [0.1, 0.15) is 22.3 Å². The molecule has 0 amide bonds. The Morgan fingerprint density at radius 1 is 0.339 bits per heavy atom. The van der Waals surface area contributed by atoms with Crippen LogP contribution < -0.4 is 0 Å². The van der Waals surface area contributed by atoms with Gasteiger partial charge in [0, 0.05) is 36.9 Å². The van der Waals surface area contributed by atoms with Crippen molar-refractivity contribution >= 4 is 31.5 Å². The summed E-state index contributed by atoms with van der Waals surface area (Å²) in [7, 11) is 0. The van der Waals surface area contributed by atoms with Gasteiger partial charge in [0.15, 0.2) is 17.5 Å². The first-order chi connectivity index (χ1) is 27.8. The lowest BCUT2D eigenvalue weighted by atomic mass is 9.67. The van der Waals surface area contributed by atoms with E-state index < -0.39 is 5.41 Å². The Kier molecular flexibility index (Phi) is 7.58. The summed E-state index contributed by atoms with van der Waals surface area (Å²) in [6.45, 7) is 0. The van der Waals surface area contributed by atoms with Gasteiger partial charge in [0.05, 0.1) is 5.41 Å². The molecule has 0 fully saturated rings. The molecule has 10 aromatic rings. The third kappa shape index (κ3) is 5.07. The molecule has 8 aromatic carbocycles. The van der Waals surface area contributed by atoms with E-state index in [0.29, 0.717) is 17.5 Å². The molecule has 0 bridgehead atoms. The Balaban J connectivity index is 1.10. The number of fused-ring (bicyclic) bond motifs is 6. The molecule has 11 rings (SSSR count). The maximum atomic E-state index is 5.12. The average Bonchev–Trinajstić information content (AvgIpc) is 3.81. The Labute approximate surface area is 329 Å². The fraction of sp³-hybridized carbons (Fsp3) is 0.0192. The molecule has 4 heteroatoms. The standard InChI is InChI=1S/C52H33N3S/c1-5-16-34(17-6-1)49-53-50(35-18-7-2-8-19-35)55-51(54-49)41-25-15-27-47-48(41)43-33-37(29-31-46(43)56-47)36-28-30-45-42(32-36)40-24-13-14-26-44(40)52(45,38-20-9-3-10-21-38)39-22-11-4-12-23-39/h1-33H. The van der Waals surface area contributed by atoms with Crippen LogP contribution in [0.4, 0.5) is 0 Å². The summed E-state index contributed by atoms with van der Waals surface area (Å²) in [5, 5.41) is 2.36. The van der Waals surface area contributed by atoms with Crippen molar-refractivity contribution in [3.63, 3.8) is 0 Å². The zero-order valence-corrected chi connectivity index (χ0v) is 31.1. The molecular weight excluding hydrogens is 699 g/mol. The van der Waals surface area contributed by atoms with E-state index in [4.69, 9.17) is 15.0 Å². The van der Waals surface area contributed by atoms with Gasteiger partial charge in [-0.25, -0.2) is 15.0 Å². The van der Waals surface area contributed by atoms with E-state index in [1.54, 1.807) is 0 Å². The van der Waals surface area contributed by atoms with Crippen LogP contribution in [0.25, 0.3) is 76.6 Å². The van der Waals surface area contributed by atoms with Crippen LogP contribution in [0.2, 0.25) is 0 Å². The van der Waals surface area contributed by atoms with Crippen molar-refractivity contribution in [1.82, 2.24) is 15.0 Å². The van der Waals surface area contributed by atoms with E-state index in [2.05, 4.69) is 164 Å².